The summed E-state index contributed by atoms with van der Waals surface area (Å²) in [6, 6.07) is 0. The van der Waals surface area contributed by atoms with E-state index in [0.717, 1.165) is 0 Å². The first-order chi connectivity index (χ1) is 12.9. The first-order valence-corrected chi connectivity index (χ1v) is 8.67. The lowest BCUT2D eigenvalue weighted by Crippen LogP contribution is -2.47. The molecule has 0 aromatic heterocycles. The molecule has 0 bridgehead atoms. The van der Waals surface area contributed by atoms with E-state index in [0.29, 0.717) is 45.9 Å². The standard InChI is InChI=1S/C19H28N4O4/c1-5-16(24)20-9-11-22(18(26)7-3)13-14-23(19(8-4)15-27-19)12-10-21-17(25)6-2/h5-8H,1-4,9-15H2,(H,20,24)(H,21,25). The van der Waals surface area contributed by atoms with Crippen molar-refractivity contribution < 1.29 is 19.1 Å². The molecule has 1 rings (SSSR count). The molecule has 0 spiro atoms. The van der Waals surface area contributed by atoms with Crippen molar-refractivity contribution in [2.24, 2.45) is 0 Å². The molecule has 1 aliphatic rings. The second-order valence-electron chi connectivity index (χ2n) is 5.84. The van der Waals surface area contributed by atoms with E-state index in [-0.39, 0.29) is 17.7 Å². The zero-order valence-electron chi connectivity index (χ0n) is 15.6. The minimum atomic E-state index is -0.571. The Bertz CT molecular complexity index is 599. The molecule has 8 nitrogen and oxygen atoms in total. The summed E-state index contributed by atoms with van der Waals surface area (Å²) in [5.74, 6) is -0.773. The van der Waals surface area contributed by atoms with Crippen LogP contribution < -0.4 is 10.6 Å². The third-order valence-electron chi connectivity index (χ3n) is 4.15. The molecule has 0 aliphatic carbocycles. The smallest absolute Gasteiger partial charge is 0.246 e. The summed E-state index contributed by atoms with van der Waals surface area (Å²) in [5, 5.41) is 5.36. The zero-order chi connectivity index (χ0) is 20.3. The number of nitrogens with one attached hydrogen (secondary N) is 2. The highest BCUT2D eigenvalue weighted by Crippen LogP contribution is 2.32. The van der Waals surface area contributed by atoms with Crippen LogP contribution in [-0.2, 0) is 19.1 Å². The Labute approximate surface area is 160 Å². The Morgan fingerprint density at radius 3 is 1.89 bits per heavy atom. The Morgan fingerprint density at radius 1 is 0.889 bits per heavy atom. The molecular formula is C19H28N4O4. The van der Waals surface area contributed by atoms with Gasteiger partial charge in [0, 0.05) is 39.3 Å². The van der Waals surface area contributed by atoms with Crippen molar-refractivity contribution in [3.05, 3.63) is 50.6 Å². The number of nitrogens with zero attached hydrogens (tertiary/aromatic N) is 2. The van der Waals surface area contributed by atoms with Gasteiger partial charge in [0.2, 0.25) is 17.7 Å². The molecule has 1 heterocycles. The molecule has 1 fully saturated rings. The fraction of sp³-hybridized carbons (Fsp3) is 0.421. The monoisotopic (exact) mass is 376 g/mol. The second-order valence-corrected chi connectivity index (χ2v) is 5.84. The van der Waals surface area contributed by atoms with Gasteiger partial charge in [0.25, 0.3) is 0 Å². The maximum Gasteiger partial charge on any atom is 0.246 e. The molecule has 0 aromatic rings. The maximum atomic E-state index is 12.1. The number of epoxide rings is 1. The van der Waals surface area contributed by atoms with Crippen LogP contribution in [0.3, 0.4) is 0 Å². The van der Waals surface area contributed by atoms with E-state index in [1.807, 2.05) is 4.90 Å². The van der Waals surface area contributed by atoms with E-state index < -0.39 is 5.72 Å². The Kier molecular flexibility index (Phi) is 9.18. The molecule has 0 saturated carbocycles. The molecule has 148 valence electrons. The van der Waals surface area contributed by atoms with Crippen LogP contribution in [0.25, 0.3) is 0 Å². The zero-order valence-corrected chi connectivity index (χ0v) is 15.6. The van der Waals surface area contributed by atoms with Gasteiger partial charge in [-0.2, -0.15) is 0 Å². The quantitative estimate of drug-likeness (QED) is 0.249. The van der Waals surface area contributed by atoms with Gasteiger partial charge in [-0.25, -0.2) is 0 Å². The number of ether oxygens (including phenoxy) is 1. The van der Waals surface area contributed by atoms with Crippen molar-refractivity contribution in [2.45, 2.75) is 5.72 Å². The summed E-state index contributed by atoms with van der Waals surface area (Å²) < 4.78 is 5.52. The second kappa shape index (κ2) is 11.1. The lowest BCUT2D eigenvalue weighted by molar-refractivity contribution is -0.127. The fourth-order valence-electron chi connectivity index (χ4n) is 2.47. The average Bonchev–Trinajstić information content (AvgIpc) is 3.48. The summed E-state index contributed by atoms with van der Waals surface area (Å²) in [6.07, 6.45) is 5.34. The molecule has 1 atom stereocenters. The Morgan fingerprint density at radius 2 is 1.44 bits per heavy atom. The SMILES string of the molecule is C=CC(=O)NCCN(CCN(CCNC(=O)C=C)C1(C=C)CO1)C(=O)C=C. The average molecular weight is 376 g/mol. The van der Waals surface area contributed by atoms with E-state index in [2.05, 4.69) is 36.9 Å². The van der Waals surface area contributed by atoms with Gasteiger partial charge in [-0.3, -0.25) is 19.3 Å². The molecule has 2 N–H and O–H groups in total. The molecule has 3 amide bonds. The normalized spacial score (nSPS) is 17.5. The van der Waals surface area contributed by atoms with Crippen molar-refractivity contribution in [3.63, 3.8) is 0 Å². The molecule has 27 heavy (non-hydrogen) atoms. The van der Waals surface area contributed by atoms with Crippen molar-refractivity contribution in [2.75, 3.05) is 45.9 Å². The predicted molar refractivity (Wildman–Crippen MR) is 104 cm³/mol. The number of carbonyl (C=O) groups excluding carboxylic acids is 3. The summed E-state index contributed by atoms with van der Waals surface area (Å²) in [5.41, 5.74) is -0.571. The lowest BCUT2D eigenvalue weighted by Gasteiger charge is -2.30. The van der Waals surface area contributed by atoms with Crippen LogP contribution in [0.15, 0.2) is 50.6 Å². The van der Waals surface area contributed by atoms with Crippen LogP contribution in [0, 0.1) is 0 Å². The topological polar surface area (TPSA) is 94.3 Å². The van der Waals surface area contributed by atoms with Gasteiger partial charge in [-0.05, 0) is 24.3 Å². The van der Waals surface area contributed by atoms with Crippen molar-refractivity contribution >= 4 is 17.7 Å². The molecule has 8 heteroatoms. The maximum absolute atomic E-state index is 12.1. The van der Waals surface area contributed by atoms with Gasteiger partial charge in [0.15, 0.2) is 5.72 Å². The van der Waals surface area contributed by atoms with Crippen molar-refractivity contribution in [1.82, 2.24) is 20.4 Å². The van der Waals surface area contributed by atoms with Gasteiger partial charge < -0.3 is 20.3 Å². The minimum absolute atomic E-state index is 0.230. The number of hydrogen-bond donors (Lipinski definition) is 2. The van der Waals surface area contributed by atoms with Crippen LogP contribution in [0.5, 0.6) is 0 Å². The van der Waals surface area contributed by atoms with Gasteiger partial charge in [-0.1, -0.05) is 26.3 Å². The van der Waals surface area contributed by atoms with E-state index in [1.54, 1.807) is 11.0 Å². The molecule has 1 saturated heterocycles. The number of rotatable bonds is 14. The van der Waals surface area contributed by atoms with Crippen molar-refractivity contribution in [1.29, 1.82) is 0 Å². The molecular weight excluding hydrogens is 348 g/mol. The first-order valence-electron chi connectivity index (χ1n) is 8.67. The van der Waals surface area contributed by atoms with Crippen LogP contribution >= 0.6 is 0 Å². The molecule has 0 radical (unpaired) electrons. The number of amides is 3. The van der Waals surface area contributed by atoms with Crippen molar-refractivity contribution in [3.8, 4) is 0 Å². The van der Waals surface area contributed by atoms with Gasteiger partial charge in [-0.15, -0.1) is 0 Å². The predicted octanol–water partition coefficient (Wildman–Crippen LogP) is -0.180. The van der Waals surface area contributed by atoms with Crippen LogP contribution in [-0.4, -0.2) is 79.1 Å². The molecule has 1 aliphatic heterocycles. The largest absolute Gasteiger partial charge is 0.351 e. The van der Waals surface area contributed by atoms with Crippen LogP contribution in [0.4, 0.5) is 0 Å². The number of carbonyl (C=O) groups is 3. The third-order valence-corrected chi connectivity index (χ3v) is 4.15. The summed E-state index contributed by atoms with van der Waals surface area (Å²) in [4.78, 5) is 38.2. The van der Waals surface area contributed by atoms with E-state index in [1.165, 1.54) is 18.2 Å². The van der Waals surface area contributed by atoms with Crippen LogP contribution in [0.1, 0.15) is 0 Å². The third kappa shape index (κ3) is 7.20. The van der Waals surface area contributed by atoms with Gasteiger partial charge >= 0.3 is 0 Å². The van der Waals surface area contributed by atoms with Crippen LogP contribution in [0.2, 0.25) is 0 Å². The highest BCUT2D eigenvalue weighted by atomic mass is 16.6. The minimum Gasteiger partial charge on any atom is -0.351 e. The highest BCUT2D eigenvalue weighted by molar-refractivity contribution is 5.88. The van der Waals surface area contributed by atoms with Gasteiger partial charge in [0.05, 0.1) is 6.61 Å². The van der Waals surface area contributed by atoms with E-state index in [9.17, 15) is 14.4 Å². The Hall–Kier alpha value is -2.71. The molecule has 1 unspecified atom stereocenters. The fourth-order valence-corrected chi connectivity index (χ4v) is 2.47. The number of hydrogen-bond acceptors (Lipinski definition) is 5. The lowest BCUT2D eigenvalue weighted by atomic mass is 10.2. The summed E-state index contributed by atoms with van der Waals surface area (Å²) in [7, 11) is 0. The Balaban J connectivity index is 2.63. The van der Waals surface area contributed by atoms with Gasteiger partial charge in [0.1, 0.15) is 0 Å². The summed E-state index contributed by atoms with van der Waals surface area (Å²) in [6.45, 7) is 17.1. The summed E-state index contributed by atoms with van der Waals surface area (Å²) >= 11 is 0. The molecule has 0 aromatic carbocycles. The first kappa shape index (κ1) is 22.3. The highest BCUT2D eigenvalue weighted by Gasteiger charge is 2.47. The van der Waals surface area contributed by atoms with E-state index in [4.69, 9.17) is 4.74 Å². The van der Waals surface area contributed by atoms with E-state index >= 15 is 0 Å².